The van der Waals surface area contributed by atoms with Gasteiger partial charge in [0, 0.05) is 38.1 Å². The molecule has 0 unspecified atom stereocenters. The van der Waals surface area contributed by atoms with Crippen LogP contribution in [0.5, 0.6) is 0 Å². The monoisotopic (exact) mass is 453 g/mol. The maximum Gasteiger partial charge on any atom is 0.162 e. The van der Waals surface area contributed by atoms with E-state index in [-0.39, 0.29) is 0 Å². The van der Waals surface area contributed by atoms with Crippen molar-refractivity contribution in [3.63, 3.8) is 0 Å². The van der Waals surface area contributed by atoms with E-state index in [0.717, 1.165) is 39.5 Å². The highest BCUT2D eigenvalue weighted by Crippen LogP contribution is 2.38. The fraction of sp³-hybridized carbons (Fsp3) is 0. The minimum Gasteiger partial charge on any atom is -0.294 e. The second kappa shape index (κ2) is 7.65. The summed E-state index contributed by atoms with van der Waals surface area (Å²) >= 11 is 1.78. The maximum absolute atomic E-state index is 5.09. The average Bonchev–Trinajstić information content (AvgIpc) is 3.52. The van der Waals surface area contributed by atoms with Crippen LogP contribution < -0.4 is 0 Å². The average molecular weight is 454 g/mol. The Hall–Kier alpha value is -4.28. The molecule has 7 rings (SSSR count). The largest absolute Gasteiger partial charge is 0.294 e. The molecule has 7 aromatic rings. The summed E-state index contributed by atoms with van der Waals surface area (Å²) in [6.07, 6.45) is 0. The fourth-order valence-electron chi connectivity index (χ4n) is 4.78. The zero-order chi connectivity index (χ0) is 22.5. The third-order valence-corrected chi connectivity index (χ3v) is 7.19. The van der Waals surface area contributed by atoms with Gasteiger partial charge in [-0.05, 0) is 29.6 Å². The van der Waals surface area contributed by atoms with Crippen molar-refractivity contribution in [1.29, 1.82) is 0 Å². The summed E-state index contributed by atoms with van der Waals surface area (Å²) in [5, 5.41) is 5.97. The molecule has 0 aliphatic carbocycles. The summed E-state index contributed by atoms with van der Waals surface area (Å²) < 4.78 is 3.58. The van der Waals surface area contributed by atoms with Gasteiger partial charge in [0.15, 0.2) is 5.82 Å². The Balaban J connectivity index is 1.59. The smallest absolute Gasteiger partial charge is 0.162 e. The maximum atomic E-state index is 5.09. The van der Waals surface area contributed by atoms with E-state index < -0.39 is 0 Å². The Morgan fingerprint density at radius 2 is 1.32 bits per heavy atom. The lowest BCUT2D eigenvalue weighted by molar-refractivity contribution is 1.05. The Bertz CT molecular complexity index is 1740. The van der Waals surface area contributed by atoms with E-state index in [1.54, 1.807) is 11.3 Å². The second-order valence-electron chi connectivity index (χ2n) is 8.31. The highest BCUT2D eigenvalue weighted by atomic mass is 32.1. The lowest BCUT2D eigenvalue weighted by Crippen LogP contribution is -2.02. The number of thiophene rings is 1. The van der Waals surface area contributed by atoms with Crippen LogP contribution in [0.3, 0.4) is 0 Å². The first-order valence-corrected chi connectivity index (χ1v) is 12.1. The molecule has 0 aliphatic rings. The van der Waals surface area contributed by atoms with Crippen molar-refractivity contribution >= 4 is 43.2 Å². The Kier molecular flexibility index (Phi) is 4.32. The van der Waals surface area contributed by atoms with Crippen LogP contribution in [0, 0.1) is 0 Å². The molecule has 0 spiro atoms. The molecule has 3 nitrogen and oxygen atoms in total. The van der Waals surface area contributed by atoms with Crippen molar-refractivity contribution in [3.05, 3.63) is 115 Å². The predicted octanol–water partition coefficient (Wildman–Crippen LogP) is 8.12. The number of nitrogens with zero attached hydrogens (tertiary/aromatic N) is 3. The van der Waals surface area contributed by atoms with Gasteiger partial charge in [-0.2, -0.15) is 0 Å². The summed E-state index contributed by atoms with van der Waals surface area (Å²) in [4.78, 5) is 10.1. The van der Waals surface area contributed by atoms with Crippen LogP contribution in [-0.4, -0.2) is 14.5 Å². The molecule has 0 radical (unpaired) electrons. The van der Waals surface area contributed by atoms with Crippen LogP contribution in [0.4, 0.5) is 0 Å². The topological polar surface area (TPSA) is 30.7 Å². The number of rotatable bonds is 3. The molecule has 4 aromatic carbocycles. The summed E-state index contributed by atoms with van der Waals surface area (Å²) in [7, 11) is 0. The molecule has 0 saturated carbocycles. The Morgan fingerprint density at radius 1 is 0.588 bits per heavy atom. The molecule has 34 heavy (non-hydrogen) atoms. The zero-order valence-electron chi connectivity index (χ0n) is 18.2. The van der Waals surface area contributed by atoms with E-state index in [1.165, 1.54) is 20.9 Å². The van der Waals surface area contributed by atoms with Crippen molar-refractivity contribution in [2.45, 2.75) is 0 Å². The molecule has 0 amide bonds. The van der Waals surface area contributed by atoms with E-state index >= 15 is 0 Å². The number of benzene rings is 4. The van der Waals surface area contributed by atoms with Gasteiger partial charge in [0.1, 0.15) is 5.82 Å². The highest BCUT2D eigenvalue weighted by Gasteiger charge is 2.18. The van der Waals surface area contributed by atoms with Gasteiger partial charge in [0.2, 0.25) is 0 Å². The lowest BCUT2D eigenvalue weighted by Gasteiger charge is -2.12. The van der Waals surface area contributed by atoms with Crippen LogP contribution in [0.1, 0.15) is 0 Å². The van der Waals surface area contributed by atoms with Gasteiger partial charge >= 0.3 is 0 Å². The van der Waals surface area contributed by atoms with Crippen LogP contribution in [0.25, 0.3) is 60.4 Å². The minimum atomic E-state index is 0.722. The van der Waals surface area contributed by atoms with Crippen molar-refractivity contribution in [2.24, 2.45) is 0 Å². The zero-order valence-corrected chi connectivity index (χ0v) is 19.0. The van der Waals surface area contributed by atoms with E-state index in [4.69, 9.17) is 9.97 Å². The van der Waals surface area contributed by atoms with Crippen molar-refractivity contribution < 1.29 is 0 Å². The quantitative estimate of drug-likeness (QED) is 0.270. The number of aromatic nitrogens is 3. The number of fused-ring (bicyclic) bond motifs is 5. The third kappa shape index (κ3) is 2.96. The van der Waals surface area contributed by atoms with Gasteiger partial charge in [0.25, 0.3) is 0 Å². The number of hydrogen-bond acceptors (Lipinski definition) is 3. The van der Waals surface area contributed by atoms with Gasteiger partial charge in [-0.3, -0.25) is 4.57 Å². The van der Waals surface area contributed by atoms with Gasteiger partial charge in [0.05, 0.1) is 16.7 Å². The Morgan fingerprint density at radius 3 is 2.15 bits per heavy atom. The molecule has 3 aromatic heterocycles. The van der Waals surface area contributed by atoms with E-state index in [1.807, 2.05) is 36.4 Å². The molecule has 3 heterocycles. The fourth-order valence-corrected chi connectivity index (χ4v) is 5.58. The first-order valence-electron chi connectivity index (χ1n) is 11.3. The summed E-state index contributed by atoms with van der Waals surface area (Å²) in [5.74, 6) is 1.59. The van der Waals surface area contributed by atoms with E-state index in [2.05, 4.69) is 82.7 Å². The number of hydrogen-bond donors (Lipinski definition) is 0. The van der Waals surface area contributed by atoms with Gasteiger partial charge in [-0.15, -0.1) is 11.3 Å². The first-order chi connectivity index (χ1) is 16.9. The van der Waals surface area contributed by atoms with Crippen molar-refractivity contribution in [2.75, 3.05) is 0 Å². The lowest BCUT2D eigenvalue weighted by atomic mass is 10.1. The van der Waals surface area contributed by atoms with Gasteiger partial charge in [-0.25, -0.2) is 9.97 Å². The molecule has 0 bridgehead atoms. The molecule has 0 aliphatic heterocycles. The first kappa shape index (κ1) is 19.2. The molecule has 160 valence electrons. The van der Waals surface area contributed by atoms with E-state index in [9.17, 15) is 0 Å². The minimum absolute atomic E-state index is 0.722. The SMILES string of the molecule is c1ccc(-c2cc(-n3c4ccccc4c4c5ccsc5ccc43)nc(-c3ccccc3)n2)cc1. The van der Waals surface area contributed by atoms with Crippen molar-refractivity contribution in [3.8, 4) is 28.5 Å². The Labute approximate surface area is 200 Å². The van der Waals surface area contributed by atoms with Crippen LogP contribution in [0.15, 0.2) is 115 Å². The second-order valence-corrected chi connectivity index (χ2v) is 9.26. The predicted molar refractivity (Wildman–Crippen MR) is 143 cm³/mol. The van der Waals surface area contributed by atoms with Gasteiger partial charge in [-0.1, -0.05) is 78.9 Å². The molecule has 0 atom stereocenters. The normalized spacial score (nSPS) is 11.5. The molecule has 4 heteroatoms. The molecule has 0 fully saturated rings. The summed E-state index contributed by atoms with van der Waals surface area (Å²) in [6, 6.07) is 37.9. The summed E-state index contributed by atoms with van der Waals surface area (Å²) in [6.45, 7) is 0. The van der Waals surface area contributed by atoms with E-state index in [0.29, 0.717) is 0 Å². The molecule has 0 N–H and O–H groups in total. The molecular formula is C30H19N3S. The standard InChI is InChI=1S/C30H19N3S/c1-3-9-20(10-4-1)24-19-28(32-30(31-24)21-11-5-2-6-12-21)33-25-14-8-7-13-22(25)29-23-17-18-34-27(23)16-15-26(29)33/h1-19H. The summed E-state index contributed by atoms with van der Waals surface area (Å²) in [5.41, 5.74) is 5.29. The van der Waals surface area contributed by atoms with Crippen LogP contribution >= 0.6 is 11.3 Å². The number of para-hydroxylation sites is 1. The molecular weight excluding hydrogens is 434 g/mol. The van der Waals surface area contributed by atoms with Crippen LogP contribution in [-0.2, 0) is 0 Å². The van der Waals surface area contributed by atoms with Gasteiger partial charge < -0.3 is 0 Å². The third-order valence-electron chi connectivity index (χ3n) is 6.31. The van der Waals surface area contributed by atoms with Crippen molar-refractivity contribution in [1.82, 2.24) is 14.5 Å². The van der Waals surface area contributed by atoms with Crippen LogP contribution in [0.2, 0.25) is 0 Å². The highest BCUT2D eigenvalue weighted by molar-refractivity contribution is 7.17. The molecule has 0 saturated heterocycles.